The van der Waals surface area contributed by atoms with E-state index in [9.17, 15) is 14.4 Å². The monoisotopic (exact) mass is 475 g/mol. The van der Waals surface area contributed by atoms with Gasteiger partial charge >= 0.3 is 0 Å². The molecule has 32 heavy (non-hydrogen) atoms. The second-order valence-electron chi connectivity index (χ2n) is 8.24. The van der Waals surface area contributed by atoms with Gasteiger partial charge in [0.15, 0.2) is 10.9 Å². The van der Waals surface area contributed by atoms with Gasteiger partial charge in [-0.15, -0.1) is 11.3 Å². The van der Waals surface area contributed by atoms with E-state index in [0.29, 0.717) is 30.3 Å². The summed E-state index contributed by atoms with van der Waals surface area (Å²) < 4.78 is 0. The third-order valence-electron chi connectivity index (χ3n) is 5.88. The highest BCUT2D eigenvalue weighted by Crippen LogP contribution is 2.34. The fraction of sp³-hybridized carbons (Fsp3) is 0.545. The van der Waals surface area contributed by atoms with Crippen molar-refractivity contribution in [1.82, 2.24) is 15.2 Å². The van der Waals surface area contributed by atoms with Crippen molar-refractivity contribution in [3.8, 4) is 0 Å². The number of nitrogens with one attached hydrogen (secondary N) is 2. The van der Waals surface area contributed by atoms with Crippen molar-refractivity contribution in [2.45, 2.75) is 39.0 Å². The smallest absolute Gasteiger partial charge is 0.267 e. The summed E-state index contributed by atoms with van der Waals surface area (Å²) >= 11 is 3.04. The first-order valence-electron chi connectivity index (χ1n) is 11.1. The summed E-state index contributed by atoms with van der Waals surface area (Å²) in [5.74, 6) is 0.160. The van der Waals surface area contributed by atoms with Gasteiger partial charge in [0.2, 0.25) is 11.8 Å². The average molecular weight is 476 g/mol. The molecule has 0 spiro atoms. The maximum Gasteiger partial charge on any atom is 0.267 e. The van der Waals surface area contributed by atoms with Crippen LogP contribution in [0.2, 0.25) is 0 Å². The Morgan fingerprint density at radius 3 is 2.56 bits per heavy atom. The summed E-state index contributed by atoms with van der Waals surface area (Å²) in [6.45, 7) is 4.98. The first kappa shape index (κ1) is 22.7. The van der Waals surface area contributed by atoms with Gasteiger partial charge in [-0.25, -0.2) is 4.98 Å². The van der Waals surface area contributed by atoms with Gasteiger partial charge in [0.25, 0.3) is 5.91 Å². The number of anilines is 2. The number of hydrogen-bond donors (Lipinski definition) is 2. The van der Waals surface area contributed by atoms with E-state index in [0.717, 1.165) is 50.3 Å². The number of thiazole rings is 1. The van der Waals surface area contributed by atoms with Gasteiger partial charge < -0.3 is 20.4 Å². The molecule has 0 saturated carbocycles. The minimum atomic E-state index is -0.241. The molecule has 3 amide bonds. The molecule has 0 bridgehead atoms. The van der Waals surface area contributed by atoms with Crippen molar-refractivity contribution in [3.63, 3.8) is 0 Å². The number of piperidine rings is 1. The van der Waals surface area contributed by atoms with E-state index in [2.05, 4.69) is 26.6 Å². The normalized spacial score (nSPS) is 16.9. The molecule has 0 aliphatic carbocycles. The molecule has 2 aliphatic rings. The fourth-order valence-corrected chi connectivity index (χ4v) is 5.90. The molecule has 2 N–H and O–H groups in total. The van der Waals surface area contributed by atoms with Crippen molar-refractivity contribution in [1.29, 1.82) is 0 Å². The van der Waals surface area contributed by atoms with Gasteiger partial charge in [-0.05, 0) is 43.6 Å². The van der Waals surface area contributed by atoms with Crippen molar-refractivity contribution >= 4 is 51.3 Å². The third kappa shape index (κ3) is 5.47. The van der Waals surface area contributed by atoms with Crippen LogP contribution in [-0.4, -0.2) is 60.3 Å². The predicted molar refractivity (Wildman–Crippen MR) is 128 cm³/mol. The van der Waals surface area contributed by atoms with E-state index in [1.165, 1.54) is 23.1 Å². The second kappa shape index (κ2) is 10.4. The Morgan fingerprint density at radius 2 is 1.91 bits per heavy atom. The van der Waals surface area contributed by atoms with Crippen molar-refractivity contribution in [3.05, 3.63) is 27.3 Å². The first-order chi connectivity index (χ1) is 15.5. The maximum atomic E-state index is 12.9. The number of likely N-dealkylation sites (tertiary alicyclic amines) is 1. The van der Waals surface area contributed by atoms with Crippen LogP contribution in [0.4, 0.5) is 10.9 Å². The quantitative estimate of drug-likeness (QED) is 0.642. The zero-order valence-corrected chi connectivity index (χ0v) is 19.9. The number of nitrogens with zero attached hydrogens (tertiary/aromatic N) is 3. The summed E-state index contributed by atoms with van der Waals surface area (Å²) in [6, 6.07) is 4.11. The highest BCUT2D eigenvalue weighted by Gasteiger charge is 2.30. The summed E-state index contributed by atoms with van der Waals surface area (Å²) in [6.07, 6.45) is 4.37. The van der Waals surface area contributed by atoms with E-state index in [4.69, 9.17) is 0 Å². The van der Waals surface area contributed by atoms with Crippen molar-refractivity contribution in [2.24, 2.45) is 5.92 Å². The minimum Gasteiger partial charge on any atom is -0.355 e. The summed E-state index contributed by atoms with van der Waals surface area (Å²) in [4.78, 5) is 47.4. The molecule has 2 aromatic rings. The zero-order valence-electron chi connectivity index (χ0n) is 18.3. The average Bonchev–Trinajstić information content (AvgIpc) is 3.55. The molecular formula is C22H29N5O3S2. The summed E-state index contributed by atoms with van der Waals surface area (Å²) in [5, 5.41) is 8.56. The van der Waals surface area contributed by atoms with Crippen LogP contribution in [0.5, 0.6) is 0 Å². The molecule has 172 valence electrons. The van der Waals surface area contributed by atoms with Gasteiger partial charge in [-0.2, -0.15) is 0 Å². The molecule has 2 saturated heterocycles. The number of hydrogen-bond acceptors (Lipinski definition) is 7. The van der Waals surface area contributed by atoms with Crippen LogP contribution >= 0.6 is 22.7 Å². The molecule has 2 fully saturated rings. The number of thiophene rings is 1. The molecule has 2 aromatic heterocycles. The van der Waals surface area contributed by atoms with Crippen LogP contribution in [-0.2, 0) is 16.0 Å². The lowest BCUT2D eigenvalue weighted by Gasteiger charge is -2.31. The minimum absolute atomic E-state index is 0.00457. The lowest BCUT2D eigenvalue weighted by molar-refractivity contribution is -0.125. The summed E-state index contributed by atoms with van der Waals surface area (Å²) in [5.41, 5.74) is 0. The number of carbonyl (C=O) groups is 3. The van der Waals surface area contributed by atoms with E-state index < -0.39 is 0 Å². The van der Waals surface area contributed by atoms with E-state index in [1.54, 1.807) is 11.3 Å². The van der Waals surface area contributed by atoms with Crippen LogP contribution in [0.1, 0.15) is 47.2 Å². The third-order valence-corrected chi connectivity index (χ3v) is 7.93. The Morgan fingerprint density at radius 1 is 1.16 bits per heavy atom. The van der Waals surface area contributed by atoms with E-state index >= 15 is 0 Å². The Bertz CT molecular complexity index is 945. The van der Waals surface area contributed by atoms with Gasteiger partial charge in [0.05, 0.1) is 0 Å². The van der Waals surface area contributed by atoms with Gasteiger partial charge in [0, 0.05) is 50.4 Å². The molecule has 10 heteroatoms. The van der Waals surface area contributed by atoms with Crippen LogP contribution in [0.3, 0.4) is 0 Å². The predicted octanol–water partition coefficient (Wildman–Crippen LogP) is 2.97. The molecule has 0 aromatic carbocycles. The SMILES string of the molecule is CC(=O)Nc1nc(N2CCC(C(=O)NCCc3cccs3)CC2)sc1C(=O)N1CCCC1. The van der Waals surface area contributed by atoms with E-state index in [-0.39, 0.29) is 23.6 Å². The highest BCUT2D eigenvalue weighted by atomic mass is 32.1. The Hall–Kier alpha value is -2.46. The lowest BCUT2D eigenvalue weighted by Crippen LogP contribution is -2.41. The number of rotatable bonds is 7. The van der Waals surface area contributed by atoms with Crippen molar-refractivity contribution in [2.75, 3.05) is 42.9 Å². The highest BCUT2D eigenvalue weighted by molar-refractivity contribution is 7.18. The molecule has 4 heterocycles. The van der Waals surface area contributed by atoms with Gasteiger partial charge in [0.1, 0.15) is 4.88 Å². The zero-order chi connectivity index (χ0) is 22.5. The fourth-order valence-electron chi connectivity index (χ4n) is 4.15. The Balaban J connectivity index is 1.34. The Kier molecular flexibility index (Phi) is 7.41. The largest absolute Gasteiger partial charge is 0.355 e. The molecule has 2 aliphatic heterocycles. The summed E-state index contributed by atoms with van der Waals surface area (Å²) in [7, 11) is 0. The second-order valence-corrected chi connectivity index (χ2v) is 10.2. The molecular weight excluding hydrogens is 446 g/mol. The topological polar surface area (TPSA) is 94.6 Å². The molecule has 8 nitrogen and oxygen atoms in total. The van der Waals surface area contributed by atoms with Gasteiger partial charge in [-0.1, -0.05) is 17.4 Å². The van der Waals surface area contributed by atoms with Crippen LogP contribution in [0, 0.1) is 5.92 Å². The lowest BCUT2D eigenvalue weighted by atomic mass is 9.96. The standard InChI is InChI=1S/C22H29N5O3S2/c1-15(28)24-19-18(21(30)26-10-2-3-11-26)32-22(25-19)27-12-7-16(8-13-27)20(29)23-9-6-17-5-4-14-31-17/h4-5,14,16H,2-3,6-13H2,1H3,(H,23,29)(H,24,28). The van der Waals surface area contributed by atoms with Crippen molar-refractivity contribution < 1.29 is 14.4 Å². The number of aromatic nitrogens is 1. The van der Waals surface area contributed by atoms with Crippen LogP contribution in [0.25, 0.3) is 0 Å². The number of amides is 3. The maximum absolute atomic E-state index is 12.9. The molecule has 0 atom stereocenters. The van der Waals surface area contributed by atoms with Gasteiger partial charge in [-0.3, -0.25) is 14.4 Å². The Labute approximate surface area is 196 Å². The van der Waals surface area contributed by atoms with Crippen LogP contribution in [0.15, 0.2) is 17.5 Å². The van der Waals surface area contributed by atoms with Crippen LogP contribution < -0.4 is 15.5 Å². The number of carbonyl (C=O) groups excluding carboxylic acids is 3. The molecule has 0 radical (unpaired) electrons. The molecule has 0 unspecified atom stereocenters. The first-order valence-corrected chi connectivity index (χ1v) is 12.8. The molecule has 4 rings (SSSR count). The van der Waals surface area contributed by atoms with E-state index in [1.807, 2.05) is 16.3 Å².